The topological polar surface area (TPSA) is 130 Å². The lowest BCUT2D eigenvalue weighted by molar-refractivity contribution is -0.121. The van der Waals surface area contributed by atoms with Gasteiger partial charge in [0.2, 0.25) is 23.8 Å². The maximum atomic E-state index is 11.7. The Balaban J connectivity index is 1.54. The molecular weight excluding hydrogens is 412 g/mol. The van der Waals surface area contributed by atoms with Crippen LogP contribution in [0.5, 0.6) is 5.75 Å². The van der Waals surface area contributed by atoms with Crippen LogP contribution in [0.25, 0.3) is 11.3 Å². The van der Waals surface area contributed by atoms with Crippen LogP contribution >= 0.6 is 0 Å². The van der Waals surface area contributed by atoms with Gasteiger partial charge in [0.15, 0.2) is 12.2 Å². The highest BCUT2D eigenvalue weighted by Gasteiger charge is 2.26. The second kappa shape index (κ2) is 9.50. The Labute approximate surface area is 185 Å². The fourth-order valence-electron chi connectivity index (χ4n) is 3.51. The van der Waals surface area contributed by atoms with E-state index >= 15 is 0 Å². The highest BCUT2D eigenvalue weighted by atomic mass is 16.5. The summed E-state index contributed by atoms with van der Waals surface area (Å²) < 4.78 is 10.9. The quantitative estimate of drug-likeness (QED) is 0.482. The third kappa shape index (κ3) is 4.71. The Kier molecular flexibility index (Phi) is 6.34. The van der Waals surface area contributed by atoms with Gasteiger partial charge < -0.3 is 30.0 Å². The summed E-state index contributed by atoms with van der Waals surface area (Å²) >= 11 is 0. The van der Waals surface area contributed by atoms with Crippen molar-refractivity contribution < 1.29 is 13.9 Å². The molecule has 32 heavy (non-hydrogen) atoms. The maximum Gasteiger partial charge on any atom is 0.233 e. The third-order valence-electron chi connectivity index (χ3n) is 5.16. The number of nitrogens with zero attached hydrogens (tertiary/aromatic N) is 5. The van der Waals surface area contributed by atoms with Gasteiger partial charge in [-0.15, -0.1) is 0 Å². The van der Waals surface area contributed by atoms with Crippen LogP contribution in [0, 0.1) is 0 Å². The monoisotopic (exact) mass is 438 g/mol. The average Bonchev–Trinajstić information content (AvgIpc) is 3.51. The zero-order chi connectivity index (χ0) is 22.5. The Bertz CT molecular complexity index is 1070. The molecule has 1 atom stereocenters. The summed E-state index contributed by atoms with van der Waals surface area (Å²) in [6.45, 7) is 3.25. The van der Waals surface area contributed by atoms with E-state index in [1.165, 1.54) is 6.39 Å². The molecule has 0 spiro atoms. The number of hydrogen-bond donors (Lipinski definition) is 3. The first-order valence-electron chi connectivity index (χ1n) is 10.4. The van der Waals surface area contributed by atoms with Crippen molar-refractivity contribution in [3.8, 4) is 17.1 Å². The molecule has 0 radical (unpaired) electrons. The van der Waals surface area contributed by atoms with Crippen molar-refractivity contribution in [2.24, 2.45) is 0 Å². The molecule has 1 amide bonds. The van der Waals surface area contributed by atoms with Crippen molar-refractivity contribution in [2.75, 3.05) is 42.8 Å². The van der Waals surface area contributed by atoms with E-state index in [0.717, 1.165) is 24.2 Å². The first kappa shape index (κ1) is 21.3. The zero-order valence-corrected chi connectivity index (χ0v) is 18.3. The van der Waals surface area contributed by atoms with Gasteiger partial charge >= 0.3 is 0 Å². The molecule has 0 saturated carbocycles. The van der Waals surface area contributed by atoms with Crippen molar-refractivity contribution in [1.29, 1.82) is 0 Å². The summed E-state index contributed by atoms with van der Waals surface area (Å²) in [5.74, 6) is 2.69. The minimum absolute atomic E-state index is 0.0495. The number of carbonyl (C=O) groups is 1. The molecular formula is C21H26N8O3. The number of benzene rings is 1. The molecule has 1 fully saturated rings. The van der Waals surface area contributed by atoms with E-state index in [-0.39, 0.29) is 11.9 Å². The van der Waals surface area contributed by atoms with E-state index in [2.05, 4.69) is 35.9 Å². The van der Waals surface area contributed by atoms with Crippen LogP contribution in [0.15, 0.2) is 35.2 Å². The second-order valence-corrected chi connectivity index (χ2v) is 7.29. The highest BCUT2D eigenvalue weighted by Crippen LogP contribution is 2.33. The van der Waals surface area contributed by atoms with Gasteiger partial charge in [-0.05, 0) is 18.6 Å². The van der Waals surface area contributed by atoms with Gasteiger partial charge in [-0.3, -0.25) is 4.79 Å². The summed E-state index contributed by atoms with van der Waals surface area (Å²) in [5, 5.41) is 9.23. The molecule has 11 heteroatoms. The van der Waals surface area contributed by atoms with E-state index < -0.39 is 0 Å². The van der Waals surface area contributed by atoms with E-state index in [9.17, 15) is 4.79 Å². The van der Waals surface area contributed by atoms with Gasteiger partial charge in [0.25, 0.3) is 0 Å². The maximum absolute atomic E-state index is 11.7. The Morgan fingerprint density at radius 3 is 2.84 bits per heavy atom. The molecule has 1 unspecified atom stereocenters. The minimum Gasteiger partial charge on any atom is -0.496 e. The van der Waals surface area contributed by atoms with Gasteiger partial charge in [-0.25, -0.2) is 4.98 Å². The summed E-state index contributed by atoms with van der Waals surface area (Å²) in [5.41, 5.74) is 1.54. The SMILES string of the molecule is CCC(=O)NC1CCN(c2nc(NC)nc(Nc3ccc(-c4cnco4)c(OC)c3)n2)C1. The van der Waals surface area contributed by atoms with Gasteiger partial charge in [-0.1, -0.05) is 6.92 Å². The Morgan fingerprint density at radius 2 is 2.12 bits per heavy atom. The molecule has 4 rings (SSSR count). The van der Waals surface area contributed by atoms with Crippen molar-refractivity contribution in [3.63, 3.8) is 0 Å². The number of methoxy groups -OCH3 is 1. The van der Waals surface area contributed by atoms with Crippen LogP contribution in [0.4, 0.5) is 23.5 Å². The van der Waals surface area contributed by atoms with E-state index in [1.807, 2.05) is 30.0 Å². The number of nitrogens with one attached hydrogen (secondary N) is 3. The van der Waals surface area contributed by atoms with Crippen LogP contribution in [0.3, 0.4) is 0 Å². The van der Waals surface area contributed by atoms with E-state index in [4.69, 9.17) is 9.15 Å². The standard InChI is InChI=1S/C21H26N8O3/c1-4-18(30)24-14-7-8-29(11-14)21-27-19(22-2)26-20(28-21)25-13-5-6-15(16(9-13)31-3)17-10-23-12-32-17/h5-6,9-10,12,14H,4,7-8,11H2,1-3H3,(H,24,30)(H2,22,25,26,27,28). The fourth-order valence-corrected chi connectivity index (χ4v) is 3.51. The summed E-state index contributed by atoms with van der Waals surface area (Å²) in [7, 11) is 3.35. The molecule has 3 aromatic rings. The smallest absolute Gasteiger partial charge is 0.233 e. The Morgan fingerprint density at radius 1 is 1.28 bits per heavy atom. The van der Waals surface area contributed by atoms with Gasteiger partial charge in [-0.2, -0.15) is 15.0 Å². The van der Waals surface area contributed by atoms with Crippen LogP contribution < -0.4 is 25.6 Å². The number of hydrogen-bond acceptors (Lipinski definition) is 10. The molecule has 1 saturated heterocycles. The van der Waals surface area contributed by atoms with Gasteiger partial charge in [0.05, 0.1) is 18.9 Å². The van der Waals surface area contributed by atoms with Crippen molar-refractivity contribution in [2.45, 2.75) is 25.8 Å². The predicted molar refractivity (Wildman–Crippen MR) is 120 cm³/mol. The molecule has 11 nitrogen and oxygen atoms in total. The lowest BCUT2D eigenvalue weighted by Crippen LogP contribution is -2.37. The Hall–Kier alpha value is -3.89. The molecule has 0 aliphatic carbocycles. The van der Waals surface area contributed by atoms with Crippen molar-refractivity contribution in [3.05, 3.63) is 30.8 Å². The molecule has 3 heterocycles. The second-order valence-electron chi connectivity index (χ2n) is 7.29. The fraction of sp³-hybridized carbons (Fsp3) is 0.381. The minimum atomic E-state index is 0.0495. The lowest BCUT2D eigenvalue weighted by Gasteiger charge is -2.18. The van der Waals surface area contributed by atoms with E-state index in [0.29, 0.717) is 42.3 Å². The lowest BCUT2D eigenvalue weighted by atomic mass is 10.1. The number of aromatic nitrogens is 4. The molecule has 1 aromatic carbocycles. The third-order valence-corrected chi connectivity index (χ3v) is 5.16. The molecule has 1 aliphatic rings. The highest BCUT2D eigenvalue weighted by molar-refractivity contribution is 5.76. The van der Waals surface area contributed by atoms with Crippen LogP contribution in [-0.2, 0) is 4.79 Å². The van der Waals surface area contributed by atoms with Crippen molar-refractivity contribution >= 4 is 29.4 Å². The molecule has 168 valence electrons. The normalized spacial score (nSPS) is 15.5. The molecule has 0 bridgehead atoms. The van der Waals surface area contributed by atoms with Crippen LogP contribution in [0.1, 0.15) is 19.8 Å². The zero-order valence-electron chi connectivity index (χ0n) is 18.3. The van der Waals surface area contributed by atoms with Gasteiger partial charge in [0.1, 0.15) is 5.75 Å². The number of anilines is 4. The largest absolute Gasteiger partial charge is 0.496 e. The molecule has 1 aliphatic heterocycles. The first-order valence-corrected chi connectivity index (χ1v) is 10.4. The van der Waals surface area contributed by atoms with Gasteiger partial charge in [0, 0.05) is 44.4 Å². The first-order chi connectivity index (χ1) is 15.6. The number of oxazole rings is 1. The van der Waals surface area contributed by atoms with Crippen LogP contribution in [-0.4, -0.2) is 59.1 Å². The van der Waals surface area contributed by atoms with E-state index in [1.54, 1.807) is 20.4 Å². The average molecular weight is 438 g/mol. The van der Waals surface area contributed by atoms with Crippen LogP contribution in [0.2, 0.25) is 0 Å². The predicted octanol–water partition coefficient (Wildman–Crippen LogP) is 2.43. The summed E-state index contributed by atoms with van der Waals surface area (Å²) in [6.07, 6.45) is 4.33. The molecule has 2 aromatic heterocycles. The number of ether oxygens (including phenoxy) is 1. The summed E-state index contributed by atoms with van der Waals surface area (Å²) in [4.78, 5) is 31.2. The summed E-state index contributed by atoms with van der Waals surface area (Å²) in [6, 6.07) is 5.69. The van der Waals surface area contributed by atoms with Crippen molar-refractivity contribution in [1.82, 2.24) is 25.3 Å². The molecule has 3 N–H and O–H groups in total. The number of rotatable bonds is 8. The number of carbonyl (C=O) groups excluding carboxylic acids is 1. The number of amides is 1.